The third-order valence-electron chi connectivity index (χ3n) is 3.57. The van der Waals surface area contributed by atoms with Crippen LogP contribution in [0.2, 0.25) is 0 Å². The van der Waals surface area contributed by atoms with Crippen LogP contribution in [0, 0.1) is 0 Å². The molecular formula is C16H24N4. The fraction of sp³-hybridized carbons (Fsp3) is 0.375. The lowest BCUT2D eigenvalue weighted by Crippen LogP contribution is -2.27. The molecule has 1 aromatic carbocycles. The van der Waals surface area contributed by atoms with Crippen LogP contribution in [-0.4, -0.2) is 24.7 Å². The normalized spacial score (nSPS) is 16.9. The maximum Gasteiger partial charge on any atom is 0.0713 e. The minimum Gasteiger partial charge on any atom is -0.398 e. The van der Waals surface area contributed by atoms with Crippen LogP contribution in [0.1, 0.15) is 23.1 Å². The van der Waals surface area contributed by atoms with Crippen molar-refractivity contribution in [3.05, 3.63) is 53.1 Å². The van der Waals surface area contributed by atoms with Gasteiger partial charge in [0, 0.05) is 18.8 Å². The highest BCUT2D eigenvalue weighted by Gasteiger charge is 2.13. The van der Waals surface area contributed by atoms with E-state index in [0.29, 0.717) is 0 Å². The van der Waals surface area contributed by atoms with E-state index in [2.05, 4.69) is 30.1 Å². The second kappa shape index (κ2) is 6.70. The molecular weight excluding hydrogens is 248 g/mol. The van der Waals surface area contributed by atoms with Gasteiger partial charge in [0.15, 0.2) is 0 Å². The second-order valence-electron chi connectivity index (χ2n) is 5.37. The quantitative estimate of drug-likeness (QED) is 0.567. The molecule has 1 aromatic rings. The lowest BCUT2D eigenvalue weighted by molar-refractivity contribution is 0.313. The molecule has 1 aliphatic heterocycles. The topological polar surface area (TPSA) is 81.3 Å². The van der Waals surface area contributed by atoms with Crippen molar-refractivity contribution in [1.82, 2.24) is 4.90 Å². The van der Waals surface area contributed by atoms with E-state index in [0.717, 1.165) is 37.2 Å². The van der Waals surface area contributed by atoms with Crippen LogP contribution < -0.4 is 17.2 Å². The third kappa shape index (κ3) is 3.93. The van der Waals surface area contributed by atoms with Gasteiger partial charge in [-0.15, -0.1) is 0 Å². The van der Waals surface area contributed by atoms with Gasteiger partial charge in [0.1, 0.15) is 0 Å². The number of nitrogens with two attached hydrogens (primary N) is 3. The highest BCUT2D eigenvalue weighted by Crippen LogP contribution is 2.21. The van der Waals surface area contributed by atoms with Crippen molar-refractivity contribution in [3.8, 4) is 0 Å². The number of benzene rings is 1. The predicted molar refractivity (Wildman–Crippen MR) is 84.6 cm³/mol. The van der Waals surface area contributed by atoms with Crippen molar-refractivity contribution < 1.29 is 0 Å². The zero-order chi connectivity index (χ0) is 14.5. The monoisotopic (exact) mass is 272 g/mol. The molecule has 0 unspecified atom stereocenters. The molecule has 2 rings (SSSR count). The van der Waals surface area contributed by atoms with Crippen molar-refractivity contribution in [1.29, 1.82) is 0 Å². The molecule has 20 heavy (non-hydrogen) atoms. The second-order valence-corrected chi connectivity index (χ2v) is 5.37. The summed E-state index contributed by atoms with van der Waals surface area (Å²) in [6, 6.07) is 6.51. The molecule has 0 amide bonds. The van der Waals surface area contributed by atoms with E-state index in [4.69, 9.17) is 17.2 Å². The number of hydrogen-bond donors (Lipinski definition) is 3. The van der Waals surface area contributed by atoms with E-state index in [-0.39, 0.29) is 0 Å². The summed E-state index contributed by atoms with van der Waals surface area (Å²) in [6.07, 6.45) is 7.16. The highest BCUT2D eigenvalue weighted by molar-refractivity contribution is 5.64. The van der Waals surface area contributed by atoms with E-state index >= 15 is 0 Å². The first-order valence-corrected chi connectivity index (χ1v) is 7.00. The SMILES string of the molecule is CN1CCc2ccc(/C(N)=C/CC=CC(N)N)cc2C1. The summed E-state index contributed by atoms with van der Waals surface area (Å²) in [5.74, 6) is 0. The first-order valence-electron chi connectivity index (χ1n) is 7.00. The molecule has 0 saturated heterocycles. The molecule has 4 nitrogen and oxygen atoms in total. The van der Waals surface area contributed by atoms with Crippen LogP contribution in [-0.2, 0) is 13.0 Å². The summed E-state index contributed by atoms with van der Waals surface area (Å²) in [4.78, 5) is 2.33. The van der Waals surface area contributed by atoms with E-state index in [1.165, 1.54) is 11.1 Å². The van der Waals surface area contributed by atoms with Gasteiger partial charge >= 0.3 is 0 Å². The van der Waals surface area contributed by atoms with Crippen LogP contribution in [0.25, 0.3) is 5.70 Å². The number of fused-ring (bicyclic) bond motifs is 1. The summed E-state index contributed by atoms with van der Waals surface area (Å²) in [7, 11) is 2.15. The van der Waals surface area contributed by atoms with Crippen molar-refractivity contribution in [2.24, 2.45) is 17.2 Å². The molecule has 0 aromatic heterocycles. The molecule has 108 valence electrons. The standard InChI is InChI=1S/C16H24N4/c1-20-9-8-12-6-7-13(10-14(12)11-20)15(17)4-2-3-5-16(18)19/h3-7,10,16H,2,8-9,11,17-19H2,1H3/b5-3?,15-4-. The highest BCUT2D eigenvalue weighted by atomic mass is 15.1. The Hall–Kier alpha value is -1.62. The first kappa shape index (κ1) is 14.8. The lowest BCUT2D eigenvalue weighted by atomic mass is 9.96. The van der Waals surface area contributed by atoms with Crippen LogP contribution in [0.5, 0.6) is 0 Å². The van der Waals surface area contributed by atoms with Gasteiger partial charge in [-0.25, -0.2) is 0 Å². The van der Waals surface area contributed by atoms with Crippen LogP contribution in [0.15, 0.2) is 36.4 Å². The van der Waals surface area contributed by atoms with Gasteiger partial charge in [-0.05, 0) is 42.6 Å². The largest absolute Gasteiger partial charge is 0.398 e. The lowest BCUT2D eigenvalue weighted by Gasteiger charge is -2.25. The van der Waals surface area contributed by atoms with Gasteiger partial charge in [0.25, 0.3) is 0 Å². The van der Waals surface area contributed by atoms with Crippen molar-refractivity contribution in [3.63, 3.8) is 0 Å². The zero-order valence-electron chi connectivity index (χ0n) is 12.0. The van der Waals surface area contributed by atoms with Gasteiger partial charge in [-0.3, -0.25) is 0 Å². The Morgan fingerprint density at radius 1 is 1.35 bits per heavy atom. The number of nitrogens with zero attached hydrogens (tertiary/aromatic N) is 1. The zero-order valence-corrected chi connectivity index (χ0v) is 12.0. The van der Waals surface area contributed by atoms with E-state index in [9.17, 15) is 0 Å². The number of allylic oxidation sites excluding steroid dienone is 2. The summed E-state index contributed by atoms with van der Waals surface area (Å²) < 4.78 is 0. The Kier molecular flexibility index (Phi) is 4.95. The predicted octanol–water partition coefficient (Wildman–Crippen LogP) is 1.16. The summed E-state index contributed by atoms with van der Waals surface area (Å²) in [5.41, 5.74) is 21.7. The molecule has 0 saturated carbocycles. The van der Waals surface area contributed by atoms with Crippen LogP contribution in [0.3, 0.4) is 0 Å². The van der Waals surface area contributed by atoms with Crippen molar-refractivity contribution >= 4 is 5.70 Å². The fourth-order valence-electron chi connectivity index (χ4n) is 2.43. The molecule has 0 fully saturated rings. The van der Waals surface area contributed by atoms with Gasteiger partial charge in [-0.2, -0.15) is 0 Å². The molecule has 1 aliphatic rings. The van der Waals surface area contributed by atoms with Gasteiger partial charge in [-0.1, -0.05) is 30.4 Å². The van der Waals surface area contributed by atoms with Gasteiger partial charge in [0.05, 0.1) is 6.17 Å². The molecule has 4 heteroatoms. The fourth-order valence-corrected chi connectivity index (χ4v) is 2.43. The Morgan fingerprint density at radius 2 is 2.15 bits per heavy atom. The van der Waals surface area contributed by atoms with Crippen LogP contribution in [0.4, 0.5) is 0 Å². The summed E-state index contributed by atoms with van der Waals surface area (Å²) >= 11 is 0. The van der Waals surface area contributed by atoms with Crippen LogP contribution >= 0.6 is 0 Å². The average molecular weight is 272 g/mol. The first-order chi connectivity index (χ1) is 9.56. The maximum absolute atomic E-state index is 6.13. The number of likely N-dealkylation sites (N-methyl/N-ethyl adjacent to an activating group) is 1. The molecule has 6 N–H and O–H groups in total. The molecule has 1 heterocycles. The van der Waals surface area contributed by atoms with E-state index in [1.54, 1.807) is 6.08 Å². The minimum absolute atomic E-state index is 0.399. The van der Waals surface area contributed by atoms with Gasteiger partial charge < -0.3 is 22.1 Å². The maximum atomic E-state index is 6.13. The third-order valence-corrected chi connectivity index (χ3v) is 3.57. The van der Waals surface area contributed by atoms with E-state index in [1.807, 2.05) is 12.2 Å². The molecule has 0 radical (unpaired) electrons. The Bertz CT molecular complexity index is 517. The van der Waals surface area contributed by atoms with E-state index < -0.39 is 6.17 Å². The Morgan fingerprint density at radius 3 is 2.90 bits per heavy atom. The van der Waals surface area contributed by atoms with Gasteiger partial charge in [0.2, 0.25) is 0 Å². The minimum atomic E-state index is -0.399. The summed E-state index contributed by atoms with van der Waals surface area (Å²) in [6.45, 7) is 2.13. The number of rotatable bonds is 4. The summed E-state index contributed by atoms with van der Waals surface area (Å²) in [5, 5.41) is 0. The average Bonchev–Trinajstić information content (AvgIpc) is 2.42. The van der Waals surface area contributed by atoms with Crippen molar-refractivity contribution in [2.75, 3.05) is 13.6 Å². The molecule has 0 atom stereocenters. The molecule has 0 aliphatic carbocycles. The smallest absolute Gasteiger partial charge is 0.0713 e. The molecule has 0 spiro atoms. The molecule has 0 bridgehead atoms. The Balaban J connectivity index is 2.09. The Labute approximate surface area is 120 Å². The number of hydrogen-bond acceptors (Lipinski definition) is 4. The van der Waals surface area contributed by atoms with Crippen molar-refractivity contribution in [2.45, 2.75) is 25.6 Å².